The molecule has 0 amide bonds. The monoisotopic (exact) mass is 333 g/mol. The normalized spacial score (nSPS) is 10.6. The number of nitrogens with zero attached hydrogens (tertiary/aromatic N) is 5. The maximum absolute atomic E-state index is 4.35. The quantitative estimate of drug-likeness (QED) is 0.689. The van der Waals surface area contributed by atoms with Crippen molar-refractivity contribution in [3.63, 3.8) is 0 Å². The summed E-state index contributed by atoms with van der Waals surface area (Å²) in [6.45, 7) is 0. The van der Waals surface area contributed by atoms with E-state index in [-0.39, 0.29) is 0 Å². The average Bonchev–Trinajstić information content (AvgIpc) is 2.88. The molecular formula is C12H8BrN5S. The van der Waals surface area contributed by atoms with E-state index in [0.29, 0.717) is 5.16 Å². The highest BCUT2D eigenvalue weighted by molar-refractivity contribution is 9.10. The SMILES string of the molecule is Brc1cccc(Sc2nnnn2-c2ccccc2)n1. The molecule has 0 aliphatic rings. The zero-order chi connectivity index (χ0) is 13.1. The number of tetrazole rings is 1. The number of halogens is 1. The van der Waals surface area contributed by atoms with E-state index in [4.69, 9.17) is 0 Å². The molecule has 0 saturated heterocycles. The molecule has 0 aliphatic carbocycles. The number of hydrogen-bond acceptors (Lipinski definition) is 5. The molecule has 7 heteroatoms. The largest absolute Gasteiger partial charge is 0.234 e. The van der Waals surface area contributed by atoms with Crippen LogP contribution in [-0.4, -0.2) is 25.2 Å². The number of pyridine rings is 1. The molecule has 0 spiro atoms. The second kappa shape index (κ2) is 5.50. The Morgan fingerprint density at radius 1 is 1.00 bits per heavy atom. The minimum absolute atomic E-state index is 0.678. The van der Waals surface area contributed by atoms with Crippen LogP contribution < -0.4 is 0 Å². The predicted octanol–water partition coefficient (Wildman–Crippen LogP) is 2.97. The van der Waals surface area contributed by atoms with Gasteiger partial charge < -0.3 is 0 Å². The third kappa shape index (κ3) is 2.82. The van der Waals surface area contributed by atoms with Crippen molar-refractivity contribution in [3.8, 4) is 5.69 Å². The highest BCUT2D eigenvalue weighted by Gasteiger charge is 2.10. The molecule has 2 heterocycles. The summed E-state index contributed by atoms with van der Waals surface area (Å²) in [5.74, 6) is 0. The van der Waals surface area contributed by atoms with Crippen molar-refractivity contribution in [2.45, 2.75) is 10.2 Å². The van der Waals surface area contributed by atoms with Crippen LogP contribution in [0.1, 0.15) is 0 Å². The van der Waals surface area contributed by atoms with E-state index >= 15 is 0 Å². The van der Waals surface area contributed by atoms with Gasteiger partial charge in [0.05, 0.1) is 5.69 Å². The lowest BCUT2D eigenvalue weighted by Gasteiger charge is -2.03. The van der Waals surface area contributed by atoms with E-state index in [9.17, 15) is 0 Å². The Balaban J connectivity index is 1.93. The summed E-state index contributed by atoms with van der Waals surface area (Å²) in [6.07, 6.45) is 0. The van der Waals surface area contributed by atoms with Crippen LogP contribution in [0.15, 0.2) is 63.3 Å². The maximum Gasteiger partial charge on any atom is 0.220 e. The average molecular weight is 334 g/mol. The first-order valence-corrected chi connectivity index (χ1v) is 7.08. The van der Waals surface area contributed by atoms with Gasteiger partial charge in [-0.1, -0.05) is 24.3 Å². The van der Waals surface area contributed by atoms with Crippen LogP contribution in [0.4, 0.5) is 0 Å². The second-order valence-corrected chi connectivity index (χ2v) is 5.41. The van der Waals surface area contributed by atoms with Crippen molar-refractivity contribution in [2.75, 3.05) is 0 Å². The Bertz CT molecular complexity index is 685. The van der Waals surface area contributed by atoms with Gasteiger partial charge in [-0.3, -0.25) is 0 Å². The van der Waals surface area contributed by atoms with Gasteiger partial charge in [-0.2, -0.15) is 4.68 Å². The van der Waals surface area contributed by atoms with Gasteiger partial charge in [0.25, 0.3) is 0 Å². The summed E-state index contributed by atoms with van der Waals surface area (Å²) in [7, 11) is 0. The zero-order valence-corrected chi connectivity index (χ0v) is 12.0. The van der Waals surface area contributed by atoms with Crippen molar-refractivity contribution in [3.05, 3.63) is 53.1 Å². The number of hydrogen-bond donors (Lipinski definition) is 0. The number of aromatic nitrogens is 5. The molecule has 0 radical (unpaired) electrons. The molecule has 0 saturated carbocycles. The van der Waals surface area contributed by atoms with Crippen molar-refractivity contribution in [1.82, 2.24) is 25.2 Å². The zero-order valence-electron chi connectivity index (χ0n) is 9.64. The molecule has 1 aromatic carbocycles. The van der Waals surface area contributed by atoms with Crippen LogP contribution in [0, 0.1) is 0 Å². The van der Waals surface area contributed by atoms with Gasteiger partial charge in [-0.25, -0.2) is 4.98 Å². The molecule has 0 unspecified atom stereocenters. The van der Waals surface area contributed by atoms with Gasteiger partial charge in [0.15, 0.2) is 0 Å². The van der Waals surface area contributed by atoms with E-state index in [1.807, 2.05) is 48.5 Å². The van der Waals surface area contributed by atoms with Gasteiger partial charge in [0.2, 0.25) is 5.16 Å². The van der Waals surface area contributed by atoms with Crippen LogP contribution in [0.5, 0.6) is 0 Å². The molecule has 0 atom stereocenters. The molecule has 0 bridgehead atoms. The maximum atomic E-state index is 4.35. The summed E-state index contributed by atoms with van der Waals surface area (Å²) in [5, 5.41) is 13.3. The fraction of sp³-hybridized carbons (Fsp3) is 0. The molecule has 94 valence electrons. The summed E-state index contributed by atoms with van der Waals surface area (Å²) < 4.78 is 2.48. The molecule has 3 rings (SSSR count). The first kappa shape index (κ1) is 12.3. The van der Waals surface area contributed by atoms with Crippen LogP contribution in [0.2, 0.25) is 0 Å². The lowest BCUT2D eigenvalue weighted by Crippen LogP contribution is -1.98. The minimum Gasteiger partial charge on any atom is -0.234 e. The Labute approximate surface area is 122 Å². The standard InChI is InChI=1S/C12H8BrN5S/c13-10-7-4-8-11(14-10)19-12-15-16-17-18(12)9-5-2-1-3-6-9/h1-8H. The Morgan fingerprint density at radius 3 is 2.63 bits per heavy atom. The first-order valence-electron chi connectivity index (χ1n) is 5.47. The van der Waals surface area contributed by atoms with Crippen molar-refractivity contribution in [2.24, 2.45) is 0 Å². The third-order valence-corrected chi connectivity index (χ3v) is 3.64. The van der Waals surface area contributed by atoms with E-state index in [1.165, 1.54) is 11.8 Å². The van der Waals surface area contributed by atoms with Crippen molar-refractivity contribution in [1.29, 1.82) is 0 Å². The smallest absolute Gasteiger partial charge is 0.220 e. The fourth-order valence-electron chi connectivity index (χ4n) is 1.51. The first-order chi connectivity index (χ1) is 9.33. The van der Waals surface area contributed by atoms with E-state index in [1.54, 1.807) is 4.68 Å². The van der Waals surface area contributed by atoms with E-state index in [2.05, 4.69) is 36.4 Å². The predicted molar refractivity (Wildman–Crippen MR) is 75.2 cm³/mol. The molecule has 0 aliphatic heterocycles. The molecule has 2 aromatic heterocycles. The molecule has 5 nitrogen and oxygen atoms in total. The Kier molecular flexibility index (Phi) is 3.56. The minimum atomic E-state index is 0.678. The highest BCUT2D eigenvalue weighted by atomic mass is 79.9. The van der Waals surface area contributed by atoms with Crippen LogP contribution in [0.3, 0.4) is 0 Å². The lowest BCUT2D eigenvalue weighted by atomic mass is 10.3. The summed E-state index contributed by atoms with van der Waals surface area (Å²) in [5.41, 5.74) is 0.921. The Hall–Kier alpha value is -1.73. The molecule has 3 aromatic rings. The number of rotatable bonds is 3. The second-order valence-electron chi connectivity index (χ2n) is 3.61. The molecule has 0 N–H and O–H groups in total. The number of para-hydroxylation sites is 1. The van der Waals surface area contributed by atoms with Crippen LogP contribution in [0.25, 0.3) is 5.69 Å². The van der Waals surface area contributed by atoms with E-state index < -0.39 is 0 Å². The summed E-state index contributed by atoms with van der Waals surface area (Å²) >= 11 is 4.76. The highest BCUT2D eigenvalue weighted by Crippen LogP contribution is 2.26. The molecular weight excluding hydrogens is 326 g/mol. The van der Waals surface area contributed by atoms with Gasteiger partial charge in [0, 0.05) is 0 Å². The third-order valence-electron chi connectivity index (χ3n) is 2.33. The van der Waals surface area contributed by atoms with Gasteiger partial charge >= 0.3 is 0 Å². The van der Waals surface area contributed by atoms with Gasteiger partial charge in [-0.15, -0.1) is 5.10 Å². The van der Waals surface area contributed by atoms with Crippen LogP contribution in [-0.2, 0) is 0 Å². The lowest BCUT2D eigenvalue weighted by molar-refractivity contribution is 0.756. The Morgan fingerprint density at radius 2 is 1.84 bits per heavy atom. The summed E-state index contributed by atoms with van der Waals surface area (Å²) in [4.78, 5) is 4.35. The molecule has 19 heavy (non-hydrogen) atoms. The van der Waals surface area contributed by atoms with Crippen molar-refractivity contribution < 1.29 is 0 Å². The number of benzene rings is 1. The van der Waals surface area contributed by atoms with Gasteiger partial charge in [-0.05, 0) is 62.4 Å². The van der Waals surface area contributed by atoms with Crippen molar-refractivity contribution >= 4 is 27.7 Å². The van der Waals surface area contributed by atoms with Crippen LogP contribution >= 0.6 is 27.7 Å². The van der Waals surface area contributed by atoms with Gasteiger partial charge in [0.1, 0.15) is 9.63 Å². The summed E-state index contributed by atoms with van der Waals surface area (Å²) in [6, 6.07) is 15.5. The topological polar surface area (TPSA) is 56.5 Å². The molecule has 0 fully saturated rings. The van der Waals surface area contributed by atoms with E-state index in [0.717, 1.165) is 15.3 Å². The fourth-order valence-corrected chi connectivity index (χ4v) is 2.76.